The summed E-state index contributed by atoms with van der Waals surface area (Å²) < 4.78 is 0. The standard InChI is InChI=1S/C7H15NOS/c1-10-6-8-4-2-7(9)3-5-8/h7,9H,2-6H2,1H3. The van der Waals surface area contributed by atoms with Crippen LogP contribution in [0, 0.1) is 0 Å². The Labute approximate surface area is 66.6 Å². The minimum atomic E-state index is -0.0295. The van der Waals surface area contributed by atoms with Gasteiger partial charge in [0.15, 0.2) is 0 Å². The lowest BCUT2D eigenvalue weighted by Gasteiger charge is -2.28. The Morgan fingerprint density at radius 2 is 2.10 bits per heavy atom. The summed E-state index contributed by atoms with van der Waals surface area (Å²) in [5.41, 5.74) is 0. The highest BCUT2D eigenvalue weighted by Gasteiger charge is 2.15. The van der Waals surface area contributed by atoms with E-state index in [1.54, 1.807) is 0 Å². The van der Waals surface area contributed by atoms with E-state index in [-0.39, 0.29) is 6.10 Å². The van der Waals surface area contributed by atoms with Crippen LogP contribution in [-0.4, -0.2) is 41.3 Å². The lowest BCUT2D eigenvalue weighted by atomic mass is 10.1. The molecule has 0 spiro atoms. The van der Waals surface area contributed by atoms with Gasteiger partial charge in [0.25, 0.3) is 0 Å². The van der Waals surface area contributed by atoms with Crippen LogP contribution in [0.4, 0.5) is 0 Å². The Balaban J connectivity index is 2.13. The molecule has 3 heteroatoms. The van der Waals surface area contributed by atoms with Crippen molar-refractivity contribution in [2.75, 3.05) is 25.2 Å². The van der Waals surface area contributed by atoms with Crippen LogP contribution in [-0.2, 0) is 0 Å². The minimum absolute atomic E-state index is 0.0295. The van der Waals surface area contributed by atoms with Crippen LogP contribution in [0.15, 0.2) is 0 Å². The normalized spacial score (nSPS) is 23.4. The van der Waals surface area contributed by atoms with Crippen molar-refractivity contribution in [2.45, 2.75) is 18.9 Å². The smallest absolute Gasteiger partial charge is 0.0564 e. The Morgan fingerprint density at radius 3 is 2.60 bits per heavy atom. The maximum Gasteiger partial charge on any atom is 0.0564 e. The van der Waals surface area contributed by atoms with Gasteiger partial charge in [-0.2, -0.15) is 0 Å². The van der Waals surface area contributed by atoms with Crippen molar-refractivity contribution in [3.63, 3.8) is 0 Å². The molecule has 1 N–H and O–H groups in total. The van der Waals surface area contributed by atoms with Crippen molar-refractivity contribution in [2.24, 2.45) is 0 Å². The highest BCUT2D eigenvalue weighted by atomic mass is 32.2. The summed E-state index contributed by atoms with van der Waals surface area (Å²) in [6, 6.07) is 0. The van der Waals surface area contributed by atoms with Crippen LogP contribution in [0.5, 0.6) is 0 Å². The van der Waals surface area contributed by atoms with Crippen LogP contribution in [0.25, 0.3) is 0 Å². The molecule has 0 aliphatic carbocycles. The first kappa shape index (κ1) is 8.37. The number of hydrogen-bond acceptors (Lipinski definition) is 3. The van der Waals surface area contributed by atoms with Crippen molar-refractivity contribution in [1.29, 1.82) is 0 Å². The molecule has 0 radical (unpaired) electrons. The van der Waals surface area contributed by atoms with E-state index >= 15 is 0 Å². The molecule has 0 atom stereocenters. The van der Waals surface area contributed by atoms with Crippen molar-refractivity contribution in [3.05, 3.63) is 0 Å². The summed E-state index contributed by atoms with van der Waals surface area (Å²) in [7, 11) is 0. The predicted molar refractivity (Wildman–Crippen MR) is 45.2 cm³/mol. The van der Waals surface area contributed by atoms with Gasteiger partial charge in [-0.05, 0) is 19.1 Å². The summed E-state index contributed by atoms with van der Waals surface area (Å²) in [6.45, 7) is 2.14. The van der Waals surface area contributed by atoms with E-state index in [0.717, 1.165) is 31.8 Å². The van der Waals surface area contributed by atoms with Crippen molar-refractivity contribution < 1.29 is 5.11 Å². The average Bonchev–Trinajstić information content (AvgIpc) is 1.95. The maximum absolute atomic E-state index is 9.16. The molecule has 10 heavy (non-hydrogen) atoms. The number of likely N-dealkylation sites (tertiary alicyclic amines) is 1. The van der Waals surface area contributed by atoms with E-state index in [0.29, 0.717) is 0 Å². The molecule has 0 amide bonds. The summed E-state index contributed by atoms with van der Waals surface area (Å²) in [4.78, 5) is 2.39. The van der Waals surface area contributed by atoms with E-state index in [1.807, 2.05) is 11.8 Å². The van der Waals surface area contributed by atoms with Crippen molar-refractivity contribution >= 4 is 11.8 Å². The predicted octanol–water partition coefficient (Wildman–Crippen LogP) is 0.764. The second-order valence-electron chi connectivity index (χ2n) is 2.77. The zero-order chi connectivity index (χ0) is 7.40. The number of nitrogens with zero attached hydrogens (tertiary/aromatic N) is 1. The number of thioether (sulfide) groups is 1. The zero-order valence-electron chi connectivity index (χ0n) is 6.42. The molecular formula is C7H15NOS. The Bertz CT molecular complexity index is 91.6. The van der Waals surface area contributed by atoms with Gasteiger partial charge in [0.2, 0.25) is 0 Å². The Hall–Kier alpha value is 0.270. The van der Waals surface area contributed by atoms with Crippen LogP contribution < -0.4 is 0 Å². The molecule has 0 saturated carbocycles. The minimum Gasteiger partial charge on any atom is -0.393 e. The fourth-order valence-corrected chi connectivity index (χ4v) is 1.85. The van der Waals surface area contributed by atoms with Crippen molar-refractivity contribution in [3.8, 4) is 0 Å². The average molecular weight is 161 g/mol. The molecule has 0 aromatic carbocycles. The van der Waals surface area contributed by atoms with Gasteiger partial charge >= 0.3 is 0 Å². The molecule has 2 nitrogen and oxygen atoms in total. The second kappa shape index (κ2) is 4.21. The van der Waals surface area contributed by atoms with Gasteiger partial charge < -0.3 is 5.11 Å². The third-order valence-electron chi connectivity index (χ3n) is 1.87. The molecule has 1 rings (SSSR count). The number of piperidine rings is 1. The van der Waals surface area contributed by atoms with Gasteiger partial charge in [-0.1, -0.05) is 0 Å². The highest BCUT2D eigenvalue weighted by Crippen LogP contribution is 2.11. The maximum atomic E-state index is 9.16. The third-order valence-corrected chi connectivity index (χ3v) is 2.49. The van der Waals surface area contributed by atoms with Gasteiger partial charge in [0, 0.05) is 19.0 Å². The molecule has 1 fully saturated rings. The number of aliphatic hydroxyl groups is 1. The first-order chi connectivity index (χ1) is 4.83. The molecule has 1 saturated heterocycles. The SMILES string of the molecule is CSCN1CCC(O)CC1. The van der Waals surface area contributed by atoms with Gasteiger partial charge in [-0.25, -0.2) is 0 Å². The molecule has 0 bridgehead atoms. The quantitative estimate of drug-likeness (QED) is 0.647. The van der Waals surface area contributed by atoms with Crippen LogP contribution in [0.1, 0.15) is 12.8 Å². The summed E-state index contributed by atoms with van der Waals surface area (Å²) in [5, 5.41) is 9.16. The fourth-order valence-electron chi connectivity index (χ4n) is 1.23. The number of aliphatic hydroxyl groups excluding tert-OH is 1. The molecule has 0 unspecified atom stereocenters. The lowest BCUT2D eigenvalue weighted by molar-refractivity contribution is 0.0917. The van der Waals surface area contributed by atoms with Gasteiger partial charge in [-0.3, -0.25) is 4.90 Å². The third kappa shape index (κ3) is 2.48. The van der Waals surface area contributed by atoms with Crippen LogP contribution >= 0.6 is 11.8 Å². The summed E-state index contributed by atoms with van der Waals surface area (Å²) in [5.74, 6) is 1.12. The summed E-state index contributed by atoms with van der Waals surface area (Å²) in [6.07, 6.45) is 4.00. The summed E-state index contributed by atoms with van der Waals surface area (Å²) >= 11 is 1.85. The largest absolute Gasteiger partial charge is 0.393 e. The Morgan fingerprint density at radius 1 is 1.50 bits per heavy atom. The van der Waals surface area contributed by atoms with Crippen molar-refractivity contribution in [1.82, 2.24) is 4.90 Å². The number of hydrogen-bond donors (Lipinski definition) is 1. The van der Waals surface area contributed by atoms with E-state index in [2.05, 4.69) is 11.2 Å². The molecule has 1 heterocycles. The van der Waals surface area contributed by atoms with E-state index in [4.69, 9.17) is 5.11 Å². The lowest BCUT2D eigenvalue weighted by Crippen LogP contribution is -2.35. The zero-order valence-corrected chi connectivity index (χ0v) is 7.23. The fraction of sp³-hybridized carbons (Fsp3) is 1.00. The molecule has 0 aromatic heterocycles. The topological polar surface area (TPSA) is 23.5 Å². The van der Waals surface area contributed by atoms with E-state index in [9.17, 15) is 0 Å². The van der Waals surface area contributed by atoms with E-state index in [1.165, 1.54) is 0 Å². The Kier molecular flexibility index (Phi) is 3.52. The van der Waals surface area contributed by atoms with Gasteiger partial charge in [0.05, 0.1) is 6.10 Å². The molecular weight excluding hydrogens is 146 g/mol. The van der Waals surface area contributed by atoms with Gasteiger partial charge in [-0.15, -0.1) is 11.8 Å². The van der Waals surface area contributed by atoms with Crippen LogP contribution in [0.3, 0.4) is 0 Å². The number of rotatable bonds is 2. The molecule has 1 aliphatic heterocycles. The molecule has 0 aromatic rings. The van der Waals surface area contributed by atoms with E-state index < -0.39 is 0 Å². The first-order valence-corrected chi connectivity index (χ1v) is 5.11. The molecule has 60 valence electrons. The monoisotopic (exact) mass is 161 g/mol. The highest BCUT2D eigenvalue weighted by molar-refractivity contribution is 7.98. The van der Waals surface area contributed by atoms with Crippen LogP contribution in [0.2, 0.25) is 0 Å². The van der Waals surface area contributed by atoms with Gasteiger partial charge in [0.1, 0.15) is 0 Å². The second-order valence-corrected chi connectivity index (χ2v) is 3.60. The molecule has 1 aliphatic rings. The first-order valence-electron chi connectivity index (χ1n) is 3.72.